The van der Waals surface area contributed by atoms with Gasteiger partial charge in [-0.1, -0.05) is 19.4 Å². The van der Waals surface area contributed by atoms with Gasteiger partial charge in [0.2, 0.25) is 0 Å². The lowest BCUT2D eigenvalue weighted by atomic mass is 9.71. The Labute approximate surface area is 138 Å². The maximum Gasteiger partial charge on any atom is 0.416 e. The maximum absolute atomic E-state index is 14.3. The molecule has 0 aliphatic carbocycles. The quantitative estimate of drug-likeness (QED) is 0.664. The monoisotopic (exact) mass is 355 g/mol. The van der Waals surface area contributed by atoms with E-state index in [1.54, 1.807) is 6.92 Å². The highest BCUT2D eigenvalue weighted by Gasteiger charge is 2.50. The van der Waals surface area contributed by atoms with Gasteiger partial charge in [0.15, 0.2) is 0 Å². The third kappa shape index (κ3) is 4.05. The summed E-state index contributed by atoms with van der Waals surface area (Å²) in [7, 11) is 0. The fourth-order valence-electron chi connectivity index (χ4n) is 2.85. The van der Waals surface area contributed by atoms with Crippen molar-refractivity contribution >= 4 is 0 Å². The van der Waals surface area contributed by atoms with Gasteiger partial charge in [0, 0.05) is 13.5 Å². The van der Waals surface area contributed by atoms with Gasteiger partial charge in [0.25, 0.3) is 5.92 Å². The van der Waals surface area contributed by atoms with Gasteiger partial charge in [0.1, 0.15) is 5.67 Å². The zero-order chi connectivity index (χ0) is 19.0. The summed E-state index contributed by atoms with van der Waals surface area (Å²) in [4.78, 5) is 0. The van der Waals surface area contributed by atoms with Crippen LogP contribution >= 0.6 is 0 Å². The van der Waals surface area contributed by atoms with Crippen LogP contribution in [0.25, 0.3) is 0 Å². The fourth-order valence-corrected chi connectivity index (χ4v) is 2.85. The summed E-state index contributed by atoms with van der Waals surface area (Å²) in [6, 6.07) is 2.40. The van der Waals surface area contributed by atoms with Gasteiger partial charge in [-0.25, -0.2) is 13.2 Å². The summed E-state index contributed by atoms with van der Waals surface area (Å²) < 4.78 is 82.4. The van der Waals surface area contributed by atoms with Crippen LogP contribution in [0.4, 0.5) is 26.3 Å². The molecule has 0 heterocycles. The van der Waals surface area contributed by atoms with Gasteiger partial charge >= 0.3 is 6.18 Å². The molecule has 1 aromatic rings. The molecule has 0 spiro atoms. The Balaban J connectivity index is 3.77. The molecule has 0 saturated heterocycles. The Bertz CT molecular complexity index is 536. The van der Waals surface area contributed by atoms with E-state index in [4.69, 9.17) is 5.73 Å². The van der Waals surface area contributed by atoms with E-state index in [0.29, 0.717) is 25.5 Å². The molecule has 138 valence electrons. The fraction of sp³-hybridized carbons (Fsp3) is 0.647. The van der Waals surface area contributed by atoms with E-state index in [2.05, 4.69) is 0 Å². The number of hydrogen-bond acceptors (Lipinski definition) is 1. The average Bonchev–Trinajstić information content (AvgIpc) is 2.41. The van der Waals surface area contributed by atoms with Crippen molar-refractivity contribution in [2.24, 2.45) is 5.73 Å². The highest BCUT2D eigenvalue weighted by molar-refractivity contribution is 5.40. The van der Waals surface area contributed by atoms with Crippen molar-refractivity contribution in [3.05, 3.63) is 34.9 Å². The normalized spacial score (nSPS) is 16.1. The summed E-state index contributed by atoms with van der Waals surface area (Å²) in [6.07, 6.45) is -4.59. The zero-order valence-electron chi connectivity index (χ0n) is 14.2. The lowest BCUT2D eigenvalue weighted by Gasteiger charge is -2.39. The first-order chi connectivity index (χ1) is 10.7. The lowest BCUT2D eigenvalue weighted by Crippen LogP contribution is -2.49. The topological polar surface area (TPSA) is 26.0 Å². The van der Waals surface area contributed by atoms with Crippen molar-refractivity contribution in [1.29, 1.82) is 0 Å². The van der Waals surface area contributed by atoms with Gasteiger partial charge < -0.3 is 5.73 Å². The average molecular weight is 355 g/mol. The molecule has 2 N–H and O–H groups in total. The molecule has 0 saturated carbocycles. The highest BCUT2D eigenvalue weighted by Crippen LogP contribution is 2.45. The Morgan fingerprint density at radius 3 is 1.62 bits per heavy atom. The highest BCUT2D eigenvalue weighted by atomic mass is 19.4. The molecule has 0 fully saturated rings. The van der Waals surface area contributed by atoms with E-state index in [0.717, 1.165) is 19.9 Å². The Kier molecular flexibility index (Phi) is 5.70. The maximum atomic E-state index is 14.3. The number of nitrogens with two attached hydrogens (primary N) is 1. The van der Waals surface area contributed by atoms with E-state index in [1.165, 1.54) is 0 Å². The molecule has 1 atom stereocenters. The van der Waals surface area contributed by atoms with Crippen LogP contribution in [0.2, 0.25) is 0 Å². The van der Waals surface area contributed by atoms with Crippen LogP contribution in [0, 0.1) is 0 Å². The zero-order valence-corrected chi connectivity index (χ0v) is 14.2. The van der Waals surface area contributed by atoms with Gasteiger partial charge in [-0.15, -0.1) is 0 Å². The predicted octanol–water partition coefficient (Wildman–Crippen LogP) is 5.56. The van der Waals surface area contributed by atoms with E-state index in [1.807, 2.05) is 0 Å². The van der Waals surface area contributed by atoms with Crippen LogP contribution in [-0.2, 0) is 17.3 Å². The van der Waals surface area contributed by atoms with Crippen LogP contribution in [0.5, 0.6) is 0 Å². The summed E-state index contributed by atoms with van der Waals surface area (Å²) in [5.74, 6) is -3.36. The molecule has 0 amide bonds. The Hall–Kier alpha value is -1.24. The van der Waals surface area contributed by atoms with E-state index < -0.39 is 35.3 Å². The number of alkyl halides is 6. The van der Waals surface area contributed by atoms with Crippen LogP contribution < -0.4 is 5.73 Å². The Morgan fingerprint density at radius 1 is 0.833 bits per heavy atom. The summed E-state index contributed by atoms with van der Waals surface area (Å²) >= 11 is 0. The third-order valence-electron chi connectivity index (χ3n) is 4.36. The molecule has 24 heavy (non-hydrogen) atoms. The predicted molar refractivity (Wildman–Crippen MR) is 81.8 cm³/mol. The minimum absolute atomic E-state index is 0.111. The van der Waals surface area contributed by atoms with E-state index in [9.17, 15) is 26.3 Å². The lowest BCUT2D eigenvalue weighted by molar-refractivity contribution is -0.138. The molecule has 0 aromatic heterocycles. The number of rotatable bonds is 6. The molecule has 1 nitrogen and oxygen atoms in total. The molecule has 0 aliphatic heterocycles. The van der Waals surface area contributed by atoms with Crippen LogP contribution in [-0.4, -0.2) is 12.5 Å². The van der Waals surface area contributed by atoms with Crippen molar-refractivity contribution in [3.63, 3.8) is 0 Å². The second-order valence-electron chi connectivity index (χ2n) is 6.69. The second kappa shape index (κ2) is 6.58. The molecular weight excluding hydrogens is 332 g/mol. The minimum Gasteiger partial charge on any atom is -0.329 e. The first kappa shape index (κ1) is 20.8. The van der Waals surface area contributed by atoms with Gasteiger partial charge in [-0.05, 0) is 43.5 Å². The molecule has 0 radical (unpaired) electrons. The molecule has 0 bridgehead atoms. The molecule has 7 heteroatoms. The van der Waals surface area contributed by atoms with Crippen LogP contribution in [0.1, 0.15) is 57.2 Å². The largest absolute Gasteiger partial charge is 0.416 e. The van der Waals surface area contributed by atoms with Crippen molar-refractivity contribution in [1.82, 2.24) is 0 Å². The SMILES string of the molecule is CCCC(CN)(c1cc(C(C)(C)F)cc(C(F)(F)F)c1)C(C)(F)F. The van der Waals surface area contributed by atoms with E-state index >= 15 is 0 Å². The van der Waals surface area contributed by atoms with Crippen molar-refractivity contribution < 1.29 is 26.3 Å². The number of benzene rings is 1. The van der Waals surface area contributed by atoms with Crippen LogP contribution in [0.15, 0.2) is 18.2 Å². The molecular formula is C17H23F6N. The second-order valence-corrected chi connectivity index (χ2v) is 6.69. The summed E-state index contributed by atoms with van der Waals surface area (Å²) in [6.45, 7) is 3.90. The molecule has 1 unspecified atom stereocenters. The van der Waals surface area contributed by atoms with E-state index in [-0.39, 0.29) is 17.5 Å². The number of halogens is 6. The molecule has 1 aromatic carbocycles. The van der Waals surface area contributed by atoms with Crippen molar-refractivity contribution in [2.75, 3.05) is 6.54 Å². The summed E-state index contributed by atoms with van der Waals surface area (Å²) in [5.41, 5.74) is -0.250. The van der Waals surface area contributed by atoms with Gasteiger partial charge in [-0.3, -0.25) is 0 Å². The minimum atomic E-state index is -4.77. The molecule has 0 aliphatic rings. The summed E-state index contributed by atoms with van der Waals surface area (Å²) in [5, 5.41) is 0. The van der Waals surface area contributed by atoms with Gasteiger partial charge in [0.05, 0.1) is 11.0 Å². The standard InChI is InChI=1S/C17H23F6N/c1-5-6-16(10-24,15(4,19)20)12-7-11(14(2,3)18)8-13(9-12)17(21,22)23/h7-9H,5-6,10,24H2,1-4H3. The Morgan fingerprint density at radius 2 is 1.29 bits per heavy atom. The number of hydrogen-bond donors (Lipinski definition) is 1. The first-order valence-corrected chi connectivity index (χ1v) is 7.69. The molecule has 1 rings (SSSR count). The smallest absolute Gasteiger partial charge is 0.329 e. The third-order valence-corrected chi connectivity index (χ3v) is 4.36. The van der Waals surface area contributed by atoms with Crippen molar-refractivity contribution in [2.45, 2.75) is 63.7 Å². The van der Waals surface area contributed by atoms with Crippen molar-refractivity contribution in [3.8, 4) is 0 Å². The van der Waals surface area contributed by atoms with Crippen LogP contribution in [0.3, 0.4) is 0 Å². The first-order valence-electron chi connectivity index (χ1n) is 7.69. The van der Waals surface area contributed by atoms with Gasteiger partial charge in [-0.2, -0.15) is 13.2 Å².